The Morgan fingerprint density at radius 1 is 1.15 bits per heavy atom. The third kappa shape index (κ3) is 2.97. The highest BCUT2D eigenvalue weighted by atomic mass is 35.5. The Bertz CT molecular complexity index is 1010. The van der Waals surface area contributed by atoms with Crippen molar-refractivity contribution in [3.05, 3.63) is 52.7 Å². The minimum absolute atomic E-state index is 0.128. The summed E-state index contributed by atoms with van der Waals surface area (Å²) in [4.78, 5) is 24.7. The number of rotatable bonds is 4. The SMILES string of the molecule is O=C(OCC1[C@H]2CC(n3cnc4c(Cl)nc(Cl)nc43)C[C@@H]12)c1ccccc1. The number of carbonyl (C=O) groups is 1. The summed E-state index contributed by atoms with van der Waals surface area (Å²) in [7, 11) is 0. The van der Waals surface area contributed by atoms with Crippen LogP contribution in [0.15, 0.2) is 36.7 Å². The summed E-state index contributed by atoms with van der Waals surface area (Å²) in [6, 6.07) is 9.42. The molecule has 27 heavy (non-hydrogen) atoms. The highest BCUT2D eigenvalue weighted by Crippen LogP contribution is 2.61. The van der Waals surface area contributed by atoms with Gasteiger partial charge in [0.2, 0.25) is 5.28 Å². The molecule has 2 aromatic heterocycles. The van der Waals surface area contributed by atoms with Crippen molar-refractivity contribution >= 4 is 40.3 Å². The first-order valence-corrected chi connectivity index (χ1v) is 9.65. The van der Waals surface area contributed by atoms with Gasteiger partial charge in [0.05, 0.1) is 18.5 Å². The second-order valence-electron chi connectivity index (χ2n) is 7.19. The standard InChI is InChI=1S/C19H16Cl2N4O2/c20-16-15-17(24-19(21)23-16)25(9-22-15)11-6-12-13(7-11)14(12)8-27-18(26)10-4-2-1-3-5-10/h1-5,9,11-14H,6-8H2/t11?,12-,13+,14?. The molecule has 2 heterocycles. The fourth-order valence-electron chi connectivity index (χ4n) is 4.38. The van der Waals surface area contributed by atoms with Gasteiger partial charge < -0.3 is 9.30 Å². The summed E-state index contributed by atoms with van der Waals surface area (Å²) >= 11 is 12.0. The average molecular weight is 403 g/mol. The molecule has 138 valence electrons. The van der Waals surface area contributed by atoms with Crippen molar-refractivity contribution in [2.75, 3.05) is 6.61 Å². The fourth-order valence-corrected chi connectivity index (χ4v) is 4.80. The maximum absolute atomic E-state index is 12.1. The van der Waals surface area contributed by atoms with Crippen LogP contribution < -0.4 is 0 Å². The lowest BCUT2D eigenvalue weighted by Gasteiger charge is -2.16. The van der Waals surface area contributed by atoms with Crippen LogP contribution in [-0.4, -0.2) is 32.1 Å². The number of aromatic nitrogens is 4. The van der Waals surface area contributed by atoms with Crippen molar-refractivity contribution in [2.45, 2.75) is 18.9 Å². The molecule has 0 saturated heterocycles. The summed E-state index contributed by atoms with van der Waals surface area (Å²) in [5.74, 6) is 1.34. The maximum Gasteiger partial charge on any atom is 0.338 e. The van der Waals surface area contributed by atoms with E-state index in [1.807, 2.05) is 22.8 Å². The molecule has 2 saturated carbocycles. The van der Waals surface area contributed by atoms with Crippen LogP contribution in [0.1, 0.15) is 29.2 Å². The zero-order chi connectivity index (χ0) is 18.5. The van der Waals surface area contributed by atoms with Crippen LogP contribution in [0.2, 0.25) is 10.4 Å². The lowest BCUT2D eigenvalue weighted by atomic mass is 10.1. The Labute approximate surface area is 165 Å². The predicted molar refractivity (Wildman–Crippen MR) is 101 cm³/mol. The number of ether oxygens (including phenoxy) is 1. The number of carbonyl (C=O) groups excluding carboxylic acids is 1. The van der Waals surface area contributed by atoms with E-state index in [1.54, 1.807) is 18.5 Å². The van der Waals surface area contributed by atoms with Crippen molar-refractivity contribution in [3.8, 4) is 0 Å². The molecule has 2 unspecified atom stereocenters. The molecule has 0 radical (unpaired) electrons. The average Bonchev–Trinajstić information content (AvgIpc) is 3.01. The van der Waals surface area contributed by atoms with Crippen LogP contribution in [0.3, 0.4) is 0 Å². The summed E-state index contributed by atoms with van der Waals surface area (Å²) < 4.78 is 7.55. The quantitative estimate of drug-likeness (QED) is 0.371. The van der Waals surface area contributed by atoms with E-state index in [1.165, 1.54) is 0 Å². The molecule has 2 fully saturated rings. The minimum atomic E-state index is -0.251. The topological polar surface area (TPSA) is 69.9 Å². The molecule has 2 aliphatic carbocycles. The van der Waals surface area contributed by atoms with E-state index in [0.717, 1.165) is 12.8 Å². The van der Waals surface area contributed by atoms with Gasteiger partial charge >= 0.3 is 5.97 Å². The van der Waals surface area contributed by atoms with Gasteiger partial charge in [-0.1, -0.05) is 29.8 Å². The second kappa shape index (κ2) is 6.46. The van der Waals surface area contributed by atoms with Gasteiger partial charge in [-0.2, -0.15) is 4.98 Å². The van der Waals surface area contributed by atoms with E-state index in [2.05, 4.69) is 15.0 Å². The van der Waals surface area contributed by atoms with Gasteiger partial charge in [-0.05, 0) is 54.3 Å². The van der Waals surface area contributed by atoms with E-state index >= 15 is 0 Å². The highest BCUT2D eigenvalue weighted by Gasteiger charge is 2.56. The van der Waals surface area contributed by atoms with Crippen LogP contribution in [0.4, 0.5) is 0 Å². The number of hydrogen-bond acceptors (Lipinski definition) is 5. The lowest BCUT2D eigenvalue weighted by Crippen LogP contribution is -2.13. The van der Waals surface area contributed by atoms with Crippen molar-refractivity contribution in [2.24, 2.45) is 17.8 Å². The molecule has 8 heteroatoms. The number of hydrogen-bond donors (Lipinski definition) is 0. The molecular formula is C19H16Cl2N4O2. The van der Waals surface area contributed by atoms with Crippen LogP contribution in [0, 0.1) is 17.8 Å². The highest BCUT2D eigenvalue weighted by molar-refractivity contribution is 6.35. The molecule has 1 aromatic carbocycles. The van der Waals surface area contributed by atoms with E-state index in [-0.39, 0.29) is 16.4 Å². The Morgan fingerprint density at radius 2 is 1.89 bits per heavy atom. The summed E-state index contributed by atoms with van der Waals surface area (Å²) in [6.45, 7) is 0.486. The fraction of sp³-hybridized carbons (Fsp3) is 0.368. The number of fused-ring (bicyclic) bond motifs is 2. The first-order valence-electron chi connectivity index (χ1n) is 8.89. The number of esters is 1. The first kappa shape index (κ1) is 17.0. The summed E-state index contributed by atoms with van der Waals surface area (Å²) in [5, 5.41) is 0.403. The Balaban J connectivity index is 1.22. The zero-order valence-corrected chi connectivity index (χ0v) is 15.8. The molecule has 2 aliphatic rings. The monoisotopic (exact) mass is 402 g/mol. The lowest BCUT2D eigenvalue weighted by molar-refractivity contribution is 0.0469. The minimum Gasteiger partial charge on any atom is -0.462 e. The van der Waals surface area contributed by atoms with E-state index < -0.39 is 0 Å². The van der Waals surface area contributed by atoms with Crippen LogP contribution in [0.25, 0.3) is 11.2 Å². The number of benzene rings is 1. The molecular weight excluding hydrogens is 387 g/mol. The Kier molecular flexibility index (Phi) is 4.06. The molecule has 0 aliphatic heterocycles. The van der Waals surface area contributed by atoms with Crippen molar-refractivity contribution in [1.82, 2.24) is 19.5 Å². The van der Waals surface area contributed by atoms with Gasteiger partial charge in [0.15, 0.2) is 10.8 Å². The van der Waals surface area contributed by atoms with Crippen molar-refractivity contribution in [1.29, 1.82) is 0 Å². The predicted octanol–water partition coefficient (Wildman–Crippen LogP) is 4.19. The molecule has 5 rings (SSSR count). The maximum atomic E-state index is 12.1. The van der Waals surface area contributed by atoms with Gasteiger partial charge in [0.25, 0.3) is 0 Å². The van der Waals surface area contributed by atoms with Crippen LogP contribution in [-0.2, 0) is 4.74 Å². The van der Waals surface area contributed by atoms with Gasteiger partial charge in [-0.3, -0.25) is 0 Å². The molecule has 4 atom stereocenters. The molecule has 6 nitrogen and oxygen atoms in total. The molecule has 0 spiro atoms. The van der Waals surface area contributed by atoms with Crippen molar-refractivity contribution in [3.63, 3.8) is 0 Å². The zero-order valence-electron chi connectivity index (χ0n) is 14.3. The first-order chi connectivity index (χ1) is 13.1. The van der Waals surface area contributed by atoms with Crippen LogP contribution >= 0.6 is 23.2 Å². The molecule has 0 amide bonds. The molecule has 3 aromatic rings. The van der Waals surface area contributed by atoms with Gasteiger partial charge in [-0.25, -0.2) is 14.8 Å². The number of halogens is 2. The third-order valence-electron chi connectivity index (χ3n) is 5.76. The van der Waals surface area contributed by atoms with Gasteiger partial charge in [0.1, 0.15) is 5.52 Å². The van der Waals surface area contributed by atoms with E-state index in [0.29, 0.717) is 47.1 Å². The summed E-state index contributed by atoms with van der Waals surface area (Å²) in [5.41, 5.74) is 1.85. The van der Waals surface area contributed by atoms with Crippen molar-refractivity contribution < 1.29 is 9.53 Å². The number of imidazole rings is 1. The largest absolute Gasteiger partial charge is 0.462 e. The smallest absolute Gasteiger partial charge is 0.338 e. The van der Waals surface area contributed by atoms with Gasteiger partial charge in [0, 0.05) is 6.04 Å². The normalized spacial score (nSPS) is 26.1. The molecule has 0 N–H and O–H groups in total. The van der Waals surface area contributed by atoms with E-state index in [9.17, 15) is 4.79 Å². The van der Waals surface area contributed by atoms with E-state index in [4.69, 9.17) is 27.9 Å². The third-order valence-corrected chi connectivity index (χ3v) is 6.19. The van der Waals surface area contributed by atoms with Crippen LogP contribution in [0.5, 0.6) is 0 Å². The molecule has 0 bridgehead atoms. The summed E-state index contributed by atoms with van der Waals surface area (Å²) in [6.07, 6.45) is 3.80. The Hall–Kier alpha value is -2.18. The van der Waals surface area contributed by atoms with Gasteiger partial charge in [-0.15, -0.1) is 0 Å². The second-order valence-corrected chi connectivity index (χ2v) is 7.88. The number of nitrogens with zero attached hydrogens (tertiary/aromatic N) is 4. The Morgan fingerprint density at radius 3 is 2.63 bits per heavy atom.